The normalized spacial score (nSPS) is 2.00. The van der Waals surface area contributed by atoms with Gasteiger partial charge in [0.1, 0.15) is 0 Å². The monoisotopic (exact) mass is 390 g/mol. The van der Waals surface area contributed by atoms with E-state index >= 15 is 0 Å². The second-order valence-corrected chi connectivity index (χ2v) is 0. The molecule has 18 heavy (non-hydrogen) atoms. The van der Waals surface area contributed by atoms with E-state index < -0.39 is 0 Å². The third-order valence-electron chi connectivity index (χ3n) is 0. The predicted octanol–water partition coefficient (Wildman–Crippen LogP) is -11.8. The zero-order valence-electron chi connectivity index (χ0n) is 14.3. The number of halogens is 6. The Morgan fingerprint density at radius 3 is 0.167 bits per heavy atom. The molecule has 0 unspecified atom stereocenters. The maximum absolute atomic E-state index is 2.00. The lowest BCUT2D eigenvalue weighted by atomic mass is 11.0. The van der Waals surface area contributed by atoms with Crippen molar-refractivity contribution >= 4 is 0 Å². The molecule has 0 saturated heterocycles. The third-order valence-corrected chi connectivity index (χ3v) is 0. The van der Waals surface area contributed by atoms with Gasteiger partial charge in [-0.3, -0.25) is 0 Å². The van der Waals surface area contributed by atoms with Gasteiger partial charge in [0.15, 0.2) is 0 Å². The summed E-state index contributed by atoms with van der Waals surface area (Å²) in [4.78, 5) is 0. The van der Waals surface area contributed by atoms with Crippen molar-refractivity contribution in [2.75, 3.05) is 0 Å². The van der Waals surface area contributed by atoms with Gasteiger partial charge in [-0.1, -0.05) is 83.1 Å². The SMILES string of the molecule is CC.CC.CC.CC.CC.CC.[Cl-].[Cl-].[Cl-].[Cl-].[Cl-].[Cl-]. The van der Waals surface area contributed by atoms with Gasteiger partial charge in [0.25, 0.3) is 0 Å². The maximum atomic E-state index is 2.00. The van der Waals surface area contributed by atoms with Crippen molar-refractivity contribution in [3.8, 4) is 0 Å². The standard InChI is InChI=1S/6C2H6.6ClH/c6*1-2;;;;;;/h6*1-2H3;6*1H/p-6. The van der Waals surface area contributed by atoms with Gasteiger partial charge in [-0.15, -0.1) is 0 Å². The second-order valence-electron chi connectivity index (χ2n) is 0. The Morgan fingerprint density at radius 2 is 0.167 bits per heavy atom. The Kier molecular flexibility index (Phi) is 12500. The molecule has 0 aliphatic heterocycles. The van der Waals surface area contributed by atoms with Crippen LogP contribution in [0.25, 0.3) is 0 Å². The quantitative estimate of drug-likeness (QED) is 0.384. The number of hydrogen-bond acceptors (Lipinski definition) is 0. The van der Waals surface area contributed by atoms with Crippen molar-refractivity contribution in [2.45, 2.75) is 83.1 Å². The summed E-state index contributed by atoms with van der Waals surface area (Å²) in [5.74, 6) is 0. The minimum atomic E-state index is 0. The van der Waals surface area contributed by atoms with Crippen molar-refractivity contribution in [1.82, 2.24) is 0 Å². The van der Waals surface area contributed by atoms with Crippen LogP contribution in [0.1, 0.15) is 83.1 Å². The van der Waals surface area contributed by atoms with Crippen molar-refractivity contribution < 1.29 is 74.4 Å². The van der Waals surface area contributed by atoms with Gasteiger partial charge < -0.3 is 74.4 Å². The van der Waals surface area contributed by atoms with Crippen molar-refractivity contribution in [3.63, 3.8) is 0 Å². The first-order valence-electron chi connectivity index (χ1n) is 6.00. The minimum Gasteiger partial charge on any atom is -1.00 e. The van der Waals surface area contributed by atoms with Crippen molar-refractivity contribution in [3.05, 3.63) is 0 Å². The van der Waals surface area contributed by atoms with E-state index in [1.54, 1.807) is 0 Å². The molecule has 0 aromatic carbocycles. The Labute approximate surface area is 157 Å². The van der Waals surface area contributed by atoms with Crippen LogP contribution < -0.4 is 74.4 Å². The lowest BCUT2D eigenvalue weighted by molar-refractivity contribution is -0.00100. The van der Waals surface area contributed by atoms with Crippen molar-refractivity contribution in [2.24, 2.45) is 0 Å². The Hall–Kier alpha value is 1.74. The first-order chi connectivity index (χ1) is 6.00. The number of rotatable bonds is 0. The van der Waals surface area contributed by atoms with Gasteiger partial charge in [0.2, 0.25) is 0 Å². The fourth-order valence-electron chi connectivity index (χ4n) is 0. The van der Waals surface area contributed by atoms with E-state index in [4.69, 9.17) is 0 Å². The highest BCUT2D eigenvalue weighted by molar-refractivity contribution is 3.51. The molecular weight excluding hydrogens is 357 g/mol. The Bertz CT molecular complexity index is 16.5. The molecule has 0 amide bonds. The molecule has 0 heterocycles. The molecule has 0 saturated carbocycles. The van der Waals surface area contributed by atoms with E-state index in [-0.39, 0.29) is 74.4 Å². The molecule has 0 N–H and O–H groups in total. The molecule has 0 aromatic rings. The zero-order valence-corrected chi connectivity index (χ0v) is 18.8. The Morgan fingerprint density at radius 1 is 0.167 bits per heavy atom. The molecule has 0 aliphatic rings. The molecule has 0 spiro atoms. The lowest BCUT2D eigenvalue weighted by Gasteiger charge is -1.07. The van der Waals surface area contributed by atoms with E-state index in [2.05, 4.69) is 0 Å². The summed E-state index contributed by atoms with van der Waals surface area (Å²) in [5.41, 5.74) is 0. The van der Waals surface area contributed by atoms with E-state index in [9.17, 15) is 0 Å². The van der Waals surface area contributed by atoms with Crippen LogP contribution in [0.4, 0.5) is 0 Å². The van der Waals surface area contributed by atoms with Crippen LogP contribution in [-0.2, 0) is 0 Å². The highest BCUT2D eigenvalue weighted by atomic mass is 35.5. The summed E-state index contributed by atoms with van der Waals surface area (Å²) in [5, 5.41) is 0. The predicted molar refractivity (Wildman–Crippen MR) is 68.1 cm³/mol. The topological polar surface area (TPSA) is 0 Å². The molecular formula is C12H36Cl6-6. The second kappa shape index (κ2) is 1950. The van der Waals surface area contributed by atoms with Crippen LogP contribution in [0.2, 0.25) is 0 Å². The largest absolute Gasteiger partial charge is 1.00 e. The van der Waals surface area contributed by atoms with Crippen LogP contribution in [0.3, 0.4) is 0 Å². The summed E-state index contributed by atoms with van der Waals surface area (Å²) >= 11 is 0. The summed E-state index contributed by atoms with van der Waals surface area (Å²) < 4.78 is 0. The van der Waals surface area contributed by atoms with Crippen LogP contribution in [-0.4, -0.2) is 0 Å². The van der Waals surface area contributed by atoms with Crippen LogP contribution in [0, 0.1) is 0 Å². The van der Waals surface area contributed by atoms with Crippen LogP contribution >= 0.6 is 0 Å². The fraction of sp³-hybridized carbons (Fsp3) is 1.00. The van der Waals surface area contributed by atoms with E-state index in [1.807, 2.05) is 83.1 Å². The highest BCUT2D eigenvalue weighted by Crippen LogP contribution is 1.15. The van der Waals surface area contributed by atoms with Crippen molar-refractivity contribution in [1.29, 1.82) is 0 Å². The van der Waals surface area contributed by atoms with Gasteiger partial charge in [0, 0.05) is 0 Å². The molecule has 0 aliphatic carbocycles. The molecule has 0 fully saturated rings. The molecule has 0 atom stereocenters. The minimum absolute atomic E-state index is 0. The zero-order chi connectivity index (χ0) is 12.0. The smallest absolute Gasteiger partial charge is 0.0683 e. The first-order valence-corrected chi connectivity index (χ1v) is 6.00. The first kappa shape index (κ1) is 116. The summed E-state index contributed by atoms with van der Waals surface area (Å²) in [6.45, 7) is 24.0. The van der Waals surface area contributed by atoms with Crippen LogP contribution in [0.15, 0.2) is 0 Å². The average Bonchev–Trinajstić information content (AvgIpc) is 2.33. The molecule has 0 nitrogen and oxygen atoms in total. The molecule has 0 rings (SSSR count). The summed E-state index contributed by atoms with van der Waals surface area (Å²) in [6, 6.07) is 0. The highest BCUT2D eigenvalue weighted by Gasteiger charge is 0.942. The number of hydrogen-bond donors (Lipinski definition) is 0. The molecule has 0 bridgehead atoms. The van der Waals surface area contributed by atoms with E-state index in [1.165, 1.54) is 0 Å². The van der Waals surface area contributed by atoms with Gasteiger partial charge in [-0.05, 0) is 0 Å². The average molecular weight is 393 g/mol. The Balaban J connectivity index is -0.00000000225. The van der Waals surface area contributed by atoms with Crippen LogP contribution in [0.5, 0.6) is 0 Å². The van der Waals surface area contributed by atoms with E-state index in [0.717, 1.165) is 0 Å². The lowest BCUT2D eigenvalue weighted by Crippen LogP contribution is -3.00. The maximum Gasteiger partial charge on any atom is -0.0683 e. The summed E-state index contributed by atoms with van der Waals surface area (Å²) in [6.07, 6.45) is 0. The molecule has 0 aromatic heterocycles. The molecule has 0 radical (unpaired) electrons. The third kappa shape index (κ3) is 1640. The van der Waals surface area contributed by atoms with E-state index in [0.29, 0.717) is 0 Å². The van der Waals surface area contributed by atoms with Gasteiger partial charge in [-0.25, -0.2) is 0 Å². The van der Waals surface area contributed by atoms with Gasteiger partial charge in [0.05, 0.1) is 0 Å². The molecule has 6 heteroatoms. The summed E-state index contributed by atoms with van der Waals surface area (Å²) in [7, 11) is 0. The van der Waals surface area contributed by atoms with Gasteiger partial charge in [-0.2, -0.15) is 0 Å². The molecule has 132 valence electrons. The van der Waals surface area contributed by atoms with Gasteiger partial charge >= 0.3 is 0 Å². The fourth-order valence-corrected chi connectivity index (χ4v) is 0.